The van der Waals surface area contributed by atoms with Gasteiger partial charge < -0.3 is 24.4 Å². The van der Waals surface area contributed by atoms with Gasteiger partial charge in [0.15, 0.2) is 0 Å². The quantitative estimate of drug-likeness (QED) is 0.145. The number of benzene rings is 4. The van der Waals surface area contributed by atoms with Gasteiger partial charge in [-0.25, -0.2) is 17.9 Å². The summed E-state index contributed by atoms with van der Waals surface area (Å²) in [5, 5.41) is 2.85. The molecule has 1 saturated heterocycles. The Morgan fingerprint density at radius 3 is 2.07 bits per heavy atom. The monoisotopic (exact) mass is 749 g/mol. The van der Waals surface area contributed by atoms with Crippen molar-refractivity contribution in [3.63, 3.8) is 0 Å². The number of amides is 2. The van der Waals surface area contributed by atoms with Crippen LogP contribution in [0.1, 0.15) is 66.7 Å². The van der Waals surface area contributed by atoms with E-state index in [1.54, 1.807) is 7.11 Å². The predicted octanol–water partition coefficient (Wildman–Crippen LogP) is 6.73. The van der Waals surface area contributed by atoms with Gasteiger partial charge in [0, 0.05) is 61.9 Å². The minimum Gasteiger partial charge on any atom is -0.457 e. The van der Waals surface area contributed by atoms with Crippen molar-refractivity contribution in [2.24, 2.45) is 5.92 Å². The third-order valence-electron chi connectivity index (χ3n) is 11.5. The van der Waals surface area contributed by atoms with Crippen molar-refractivity contribution in [3.8, 4) is 22.6 Å². The van der Waals surface area contributed by atoms with Gasteiger partial charge in [0.2, 0.25) is 15.9 Å². The summed E-state index contributed by atoms with van der Waals surface area (Å²) in [5.74, 6) is 0.484. The molecule has 0 aromatic heterocycles. The Morgan fingerprint density at radius 1 is 0.833 bits per heavy atom. The summed E-state index contributed by atoms with van der Waals surface area (Å²) in [6.45, 7) is 1.30. The summed E-state index contributed by atoms with van der Waals surface area (Å²) in [6, 6.07) is 31.6. The summed E-state index contributed by atoms with van der Waals surface area (Å²) < 4.78 is 46.8. The molecule has 8 rings (SSSR count). The number of hydrogen-bond donors (Lipinski definition) is 2. The van der Waals surface area contributed by atoms with Crippen LogP contribution in [0, 0.1) is 5.92 Å². The second kappa shape index (κ2) is 15.2. The largest absolute Gasteiger partial charge is 0.457 e. The van der Waals surface area contributed by atoms with E-state index >= 15 is 0 Å². The molecular weight excluding hydrogens is 703 g/mol. The summed E-state index contributed by atoms with van der Waals surface area (Å²) in [5.41, 5.74) is 5.88. The van der Waals surface area contributed by atoms with Gasteiger partial charge >= 0.3 is 6.09 Å². The average molecular weight is 750 g/mol. The lowest BCUT2D eigenvalue weighted by Gasteiger charge is -2.41. The number of unbranched alkanes of at least 4 members (excludes halogenated alkanes) is 1. The maximum Gasteiger partial charge on any atom is 0.409 e. The van der Waals surface area contributed by atoms with Gasteiger partial charge in [-0.15, -0.1) is 0 Å². The van der Waals surface area contributed by atoms with Gasteiger partial charge in [-0.1, -0.05) is 84.9 Å². The molecule has 54 heavy (non-hydrogen) atoms. The van der Waals surface area contributed by atoms with Gasteiger partial charge in [0.25, 0.3) is 0 Å². The first-order valence-electron chi connectivity index (χ1n) is 19.0. The summed E-state index contributed by atoms with van der Waals surface area (Å²) in [4.78, 5) is 29.7. The number of ether oxygens (including phenoxy) is 3. The third-order valence-corrected chi connectivity index (χ3v) is 13.5. The number of nitrogens with zero attached hydrogens (tertiary/aromatic N) is 1. The number of carbonyl (C=O) groups excluding carboxylic acids is 2. The molecular formula is C43H47N3O7S. The second-order valence-corrected chi connectivity index (χ2v) is 17.0. The van der Waals surface area contributed by atoms with Gasteiger partial charge in [0.1, 0.15) is 18.1 Å². The summed E-state index contributed by atoms with van der Waals surface area (Å²) in [7, 11) is -1.89. The summed E-state index contributed by atoms with van der Waals surface area (Å²) >= 11 is 0. The Morgan fingerprint density at radius 2 is 1.44 bits per heavy atom. The Balaban J connectivity index is 1.02. The first-order chi connectivity index (χ1) is 26.3. The number of piperidine rings is 1. The molecule has 4 aliphatic rings. The average Bonchev–Trinajstić information content (AvgIpc) is 4.01. The van der Waals surface area contributed by atoms with Crippen LogP contribution in [0.5, 0.6) is 11.5 Å². The standard InChI is InChI=1S/C43H47N3O7S/c1-51-23-11-10-22-43(37-16-6-8-18-39(37)53-40-19-9-7-17-38(40)43)28-44-41(47)29-24-30(45-54(49,50)31-20-21-31)26-46(25-29)42(48)52-27-36-34-14-4-2-12-32(34)33-13-3-5-15-35(33)36/h2-9,12-19,29-31,36,45H,10-11,20-28H2,1H3,(H,44,47). The molecule has 0 spiro atoms. The highest BCUT2D eigenvalue weighted by Crippen LogP contribution is 2.50. The molecule has 2 heterocycles. The van der Waals surface area contributed by atoms with Crippen LogP contribution in [0.3, 0.4) is 0 Å². The Bertz CT molecular complexity index is 2040. The molecule has 2 amide bonds. The number of likely N-dealkylation sites (tertiary alicyclic amines) is 1. The van der Waals surface area contributed by atoms with Crippen molar-refractivity contribution in [1.82, 2.24) is 14.9 Å². The van der Waals surface area contributed by atoms with E-state index in [-0.39, 0.29) is 37.9 Å². The Labute approximate surface area is 317 Å². The van der Waals surface area contributed by atoms with E-state index in [1.807, 2.05) is 60.7 Å². The van der Waals surface area contributed by atoms with Gasteiger partial charge in [-0.05, 0) is 72.9 Å². The molecule has 2 aliphatic heterocycles. The van der Waals surface area contributed by atoms with E-state index in [1.165, 1.54) is 4.90 Å². The number of fused-ring (bicyclic) bond motifs is 5. The number of sulfonamides is 1. The van der Waals surface area contributed by atoms with Gasteiger partial charge in [-0.3, -0.25) is 4.79 Å². The van der Waals surface area contributed by atoms with E-state index in [2.05, 4.69) is 46.4 Å². The number of methoxy groups -OCH3 is 1. The smallest absolute Gasteiger partial charge is 0.409 e. The van der Waals surface area contributed by atoms with E-state index in [4.69, 9.17) is 14.2 Å². The maximum absolute atomic E-state index is 14.3. The van der Waals surface area contributed by atoms with E-state index in [0.29, 0.717) is 26.0 Å². The van der Waals surface area contributed by atoms with Crippen molar-refractivity contribution in [2.75, 3.05) is 40.0 Å². The molecule has 2 aliphatic carbocycles. The minimum absolute atomic E-state index is 0.112. The van der Waals surface area contributed by atoms with E-state index in [0.717, 1.165) is 64.1 Å². The molecule has 0 radical (unpaired) electrons. The predicted molar refractivity (Wildman–Crippen MR) is 206 cm³/mol. The van der Waals surface area contributed by atoms with Gasteiger partial charge in [0.05, 0.1) is 11.2 Å². The molecule has 11 heteroatoms. The molecule has 2 fully saturated rings. The van der Waals surface area contributed by atoms with E-state index in [9.17, 15) is 18.0 Å². The van der Waals surface area contributed by atoms with Crippen LogP contribution in [-0.2, 0) is 29.7 Å². The number of rotatable bonds is 13. The van der Waals surface area contributed by atoms with Gasteiger partial charge in [-0.2, -0.15) is 0 Å². The second-order valence-electron chi connectivity index (χ2n) is 15.0. The number of hydrogen-bond acceptors (Lipinski definition) is 7. The molecule has 2 atom stereocenters. The zero-order chi connectivity index (χ0) is 37.3. The fourth-order valence-electron chi connectivity index (χ4n) is 8.68. The number of nitrogens with one attached hydrogen (secondary N) is 2. The SMILES string of the molecule is COCCCCC1(CNC(=O)C2CC(NS(=O)(=O)C3CC3)CN(C(=O)OCC3c4ccccc4-c4ccccc43)C2)c2ccccc2Oc2ccccc21. The molecule has 4 aromatic rings. The van der Waals surface area contributed by atoms with Crippen LogP contribution in [0.4, 0.5) is 4.79 Å². The summed E-state index contributed by atoms with van der Waals surface area (Å²) in [6.07, 6.45) is 3.39. The van der Waals surface area contributed by atoms with Crippen LogP contribution in [-0.4, -0.2) is 76.6 Å². The molecule has 4 aromatic carbocycles. The highest BCUT2D eigenvalue weighted by atomic mass is 32.2. The molecule has 2 N–H and O–H groups in total. The minimum atomic E-state index is -3.58. The van der Waals surface area contributed by atoms with Crippen molar-refractivity contribution < 1.29 is 32.2 Å². The molecule has 282 valence electrons. The Hall–Kier alpha value is -4.71. The topological polar surface area (TPSA) is 123 Å². The van der Waals surface area contributed by atoms with Crippen LogP contribution in [0.25, 0.3) is 11.1 Å². The van der Waals surface area contributed by atoms with Crippen LogP contribution >= 0.6 is 0 Å². The maximum atomic E-state index is 14.3. The van der Waals surface area contributed by atoms with E-state index < -0.39 is 38.7 Å². The molecule has 1 saturated carbocycles. The third kappa shape index (κ3) is 7.12. The van der Waals surface area contributed by atoms with Crippen molar-refractivity contribution in [1.29, 1.82) is 0 Å². The molecule has 0 bridgehead atoms. The van der Waals surface area contributed by atoms with Crippen LogP contribution < -0.4 is 14.8 Å². The normalized spacial score (nSPS) is 19.8. The zero-order valence-corrected chi connectivity index (χ0v) is 31.4. The highest BCUT2D eigenvalue weighted by molar-refractivity contribution is 7.90. The van der Waals surface area contributed by atoms with Crippen molar-refractivity contribution in [2.45, 2.75) is 61.1 Å². The zero-order valence-electron chi connectivity index (χ0n) is 30.5. The number of carbonyl (C=O) groups is 2. The van der Waals surface area contributed by atoms with Crippen molar-refractivity contribution >= 4 is 22.0 Å². The number of para-hydroxylation sites is 2. The lowest BCUT2D eigenvalue weighted by atomic mass is 9.69. The fraction of sp³-hybridized carbons (Fsp3) is 0.395. The first-order valence-corrected chi connectivity index (χ1v) is 20.6. The highest BCUT2D eigenvalue weighted by Gasteiger charge is 2.44. The van der Waals surface area contributed by atoms with Crippen LogP contribution in [0.2, 0.25) is 0 Å². The lowest BCUT2D eigenvalue weighted by molar-refractivity contribution is -0.127. The first kappa shape index (κ1) is 36.3. The van der Waals surface area contributed by atoms with Crippen molar-refractivity contribution in [3.05, 3.63) is 119 Å². The molecule has 10 nitrogen and oxygen atoms in total. The van der Waals surface area contributed by atoms with Crippen LogP contribution in [0.15, 0.2) is 97.1 Å². The Kier molecular flexibility index (Phi) is 10.2. The lowest BCUT2D eigenvalue weighted by Crippen LogP contribution is -2.56. The fourth-order valence-corrected chi connectivity index (χ4v) is 10.3. The molecule has 2 unspecified atom stereocenters.